The van der Waals surface area contributed by atoms with Crippen molar-refractivity contribution in [2.75, 3.05) is 18.9 Å². The molecule has 7 nitrogen and oxygen atoms in total. The molecule has 1 amide bonds. The third kappa shape index (κ3) is 5.27. The zero-order chi connectivity index (χ0) is 17.5. The number of thioether (sulfide) groups is 1. The summed E-state index contributed by atoms with van der Waals surface area (Å²) in [6, 6.07) is 10.5. The lowest BCUT2D eigenvalue weighted by molar-refractivity contribution is -0.118. The minimum Gasteiger partial charge on any atom is -0.492 e. The van der Waals surface area contributed by atoms with E-state index >= 15 is 0 Å². The smallest absolute Gasteiger partial charge is 0.284 e. The number of aromatic nitrogens is 2. The van der Waals surface area contributed by atoms with Crippen molar-refractivity contribution in [2.45, 2.75) is 5.22 Å². The highest BCUT2D eigenvalue weighted by Crippen LogP contribution is 2.23. The second-order valence-electron chi connectivity index (χ2n) is 4.79. The van der Waals surface area contributed by atoms with Crippen molar-refractivity contribution in [3.63, 3.8) is 0 Å². The summed E-state index contributed by atoms with van der Waals surface area (Å²) in [5.41, 5.74) is 0. The third-order valence-corrected chi connectivity index (χ3v) is 4.04. The van der Waals surface area contributed by atoms with E-state index in [2.05, 4.69) is 15.5 Å². The second kappa shape index (κ2) is 8.59. The molecule has 0 aliphatic rings. The SMILES string of the molecule is O=C(CSc1nnc(-c2ccco2)o1)NCCOc1ccc(Cl)cc1. The van der Waals surface area contributed by atoms with Crippen molar-refractivity contribution < 1.29 is 18.4 Å². The van der Waals surface area contributed by atoms with Crippen LogP contribution < -0.4 is 10.1 Å². The van der Waals surface area contributed by atoms with Crippen LogP contribution in [0.2, 0.25) is 5.02 Å². The monoisotopic (exact) mass is 379 g/mol. The van der Waals surface area contributed by atoms with Crippen LogP contribution in [0.5, 0.6) is 5.75 Å². The Morgan fingerprint density at radius 1 is 1.24 bits per heavy atom. The van der Waals surface area contributed by atoms with Gasteiger partial charge in [0.25, 0.3) is 11.1 Å². The standard InChI is InChI=1S/C16H14ClN3O4S/c17-11-3-5-12(6-4-11)22-9-7-18-14(21)10-25-16-20-19-15(24-16)13-2-1-8-23-13/h1-6,8H,7,9-10H2,(H,18,21). The van der Waals surface area contributed by atoms with Gasteiger partial charge in [0, 0.05) is 5.02 Å². The molecule has 0 bridgehead atoms. The molecule has 0 saturated carbocycles. The van der Waals surface area contributed by atoms with Crippen molar-refractivity contribution in [3.8, 4) is 17.4 Å². The van der Waals surface area contributed by atoms with Crippen molar-refractivity contribution >= 4 is 29.3 Å². The number of nitrogens with zero attached hydrogens (tertiary/aromatic N) is 2. The van der Waals surface area contributed by atoms with Gasteiger partial charge in [-0.15, -0.1) is 10.2 Å². The number of amides is 1. The second-order valence-corrected chi connectivity index (χ2v) is 6.15. The highest BCUT2D eigenvalue weighted by atomic mass is 35.5. The molecule has 25 heavy (non-hydrogen) atoms. The summed E-state index contributed by atoms with van der Waals surface area (Å²) in [6.07, 6.45) is 1.52. The van der Waals surface area contributed by atoms with Gasteiger partial charge in [-0.2, -0.15) is 0 Å². The fourth-order valence-corrected chi connectivity index (χ4v) is 2.56. The minimum absolute atomic E-state index is 0.151. The molecule has 3 aromatic rings. The Hall–Kier alpha value is -2.45. The average Bonchev–Trinajstić information content (AvgIpc) is 3.29. The number of hydrogen-bond acceptors (Lipinski definition) is 7. The van der Waals surface area contributed by atoms with Crippen LogP contribution in [0.4, 0.5) is 0 Å². The number of carbonyl (C=O) groups excluding carboxylic acids is 1. The van der Waals surface area contributed by atoms with E-state index in [0.717, 1.165) is 11.8 Å². The van der Waals surface area contributed by atoms with Crippen LogP contribution in [0.1, 0.15) is 0 Å². The minimum atomic E-state index is -0.151. The van der Waals surface area contributed by atoms with E-state index in [0.29, 0.717) is 34.9 Å². The molecule has 130 valence electrons. The molecule has 9 heteroatoms. The van der Waals surface area contributed by atoms with E-state index in [1.807, 2.05) is 0 Å². The predicted molar refractivity (Wildman–Crippen MR) is 92.7 cm³/mol. The predicted octanol–water partition coefficient (Wildman–Crippen LogP) is 3.27. The normalized spacial score (nSPS) is 10.6. The summed E-state index contributed by atoms with van der Waals surface area (Å²) in [5, 5.41) is 11.4. The lowest BCUT2D eigenvalue weighted by Gasteiger charge is -2.07. The molecule has 0 atom stereocenters. The van der Waals surface area contributed by atoms with E-state index < -0.39 is 0 Å². The van der Waals surface area contributed by atoms with Gasteiger partial charge in [0.05, 0.1) is 18.6 Å². The summed E-state index contributed by atoms with van der Waals surface area (Å²) < 4.78 is 16.1. The number of hydrogen-bond donors (Lipinski definition) is 1. The fraction of sp³-hybridized carbons (Fsp3) is 0.188. The van der Waals surface area contributed by atoms with Crippen molar-refractivity contribution in [1.82, 2.24) is 15.5 Å². The van der Waals surface area contributed by atoms with Crippen LogP contribution in [0.15, 0.2) is 56.7 Å². The fourth-order valence-electron chi connectivity index (χ4n) is 1.84. The Kier molecular flexibility index (Phi) is 5.97. The highest BCUT2D eigenvalue weighted by Gasteiger charge is 2.12. The van der Waals surface area contributed by atoms with Crippen molar-refractivity contribution in [2.24, 2.45) is 0 Å². The topological polar surface area (TPSA) is 90.4 Å². The van der Waals surface area contributed by atoms with E-state index in [1.165, 1.54) is 6.26 Å². The Morgan fingerprint density at radius 3 is 2.84 bits per heavy atom. The Labute approximate surface area is 152 Å². The Morgan fingerprint density at radius 2 is 2.08 bits per heavy atom. The molecular formula is C16H14ClN3O4S. The summed E-state index contributed by atoms with van der Waals surface area (Å²) in [6.45, 7) is 0.755. The van der Waals surface area contributed by atoms with Gasteiger partial charge in [0.15, 0.2) is 5.76 Å². The largest absolute Gasteiger partial charge is 0.492 e. The first kappa shape index (κ1) is 17.4. The molecule has 0 saturated heterocycles. The molecule has 0 radical (unpaired) electrons. The molecule has 0 aliphatic heterocycles. The number of rotatable bonds is 8. The molecule has 0 fully saturated rings. The molecule has 1 aromatic carbocycles. The van der Waals surface area contributed by atoms with Gasteiger partial charge >= 0.3 is 0 Å². The van der Waals surface area contributed by atoms with E-state index in [4.69, 9.17) is 25.2 Å². The van der Waals surface area contributed by atoms with Crippen LogP contribution in [0, 0.1) is 0 Å². The van der Waals surface area contributed by atoms with Crippen molar-refractivity contribution in [3.05, 3.63) is 47.7 Å². The summed E-state index contributed by atoms with van der Waals surface area (Å²) >= 11 is 6.95. The van der Waals surface area contributed by atoms with Gasteiger partial charge < -0.3 is 18.9 Å². The molecule has 2 aromatic heterocycles. The van der Waals surface area contributed by atoms with Crippen LogP contribution >= 0.6 is 23.4 Å². The van der Waals surface area contributed by atoms with Gasteiger partial charge in [-0.3, -0.25) is 4.79 Å². The Bertz CT molecular complexity index is 805. The number of carbonyl (C=O) groups is 1. The van der Waals surface area contributed by atoms with E-state index in [9.17, 15) is 4.79 Å². The van der Waals surface area contributed by atoms with E-state index in [-0.39, 0.29) is 17.6 Å². The zero-order valence-electron chi connectivity index (χ0n) is 13.0. The lowest BCUT2D eigenvalue weighted by Crippen LogP contribution is -2.29. The lowest BCUT2D eigenvalue weighted by atomic mass is 10.3. The maximum absolute atomic E-state index is 11.8. The first-order valence-electron chi connectivity index (χ1n) is 7.36. The molecule has 0 unspecified atom stereocenters. The molecule has 0 spiro atoms. The van der Waals surface area contributed by atoms with Gasteiger partial charge in [-0.05, 0) is 36.4 Å². The average molecular weight is 380 g/mol. The van der Waals surface area contributed by atoms with Crippen molar-refractivity contribution in [1.29, 1.82) is 0 Å². The zero-order valence-corrected chi connectivity index (χ0v) is 14.5. The van der Waals surface area contributed by atoms with Crippen LogP contribution in [0.25, 0.3) is 11.7 Å². The molecule has 0 aliphatic carbocycles. The third-order valence-electron chi connectivity index (χ3n) is 2.97. The quantitative estimate of drug-likeness (QED) is 0.474. The van der Waals surface area contributed by atoms with Gasteiger partial charge in [-0.1, -0.05) is 23.4 Å². The number of ether oxygens (including phenoxy) is 1. The number of halogens is 1. The number of benzene rings is 1. The van der Waals surface area contributed by atoms with Crippen LogP contribution in [0.3, 0.4) is 0 Å². The maximum Gasteiger partial charge on any atom is 0.284 e. The van der Waals surface area contributed by atoms with Crippen LogP contribution in [-0.4, -0.2) is 35.0 Å². The molecular weight excluding hydrogens is 366 g/mol. The van der Waals surface area contributed by atoms with Gasteiger partial charge in [0.1, 0.15) is 12.4 Å². The number of furan rings is 1. The summed E-state index contributed by atoms with van der Waals surface area (Å²) in [5.74, 6) is 1.49. The first-order valence-corrected chi connectivity index (χ1v) is 8.72. The molecule has 3 rings (SSSR count). The molecule has 2 heterocycles. The first-order chi connectivity index (χ1) is 12.2. The maximum atomic E-state index is 11.8. The summed E-state index contributed by atoms with van der Waals surface area (Å²) in [7, 11) is 0. The van der Waals surface area contributed by atoms with E-state index in [1.54, 1.807) is 36.4 Å². The van der Waals surface area contributed by atoms with Gasteiger partial charge in [-0.25, -0.2) is 0 Å². The molecule has 1 N–H and O–H groups in total. The Balaban J connectivity index is 1.35. The van der Waals surface area contributed by atoms with Crippen LogP contribution in [-0.2, 0) is 4.79 Å². The summed E-state index contributed by atoms with van der Waals surface area (Å²) in [4.78, 5) is 11.8. The van der Waals surface area contributed by atoms with Gasteiger partial charge in [0.2, 0.25) is 5.91 Å². The number of nitrogens with one attached hydrogen (secondary N) is 1. The highest BCUT2D eigenvalue weighted by molar-refractivity contribution is 7.99.